The van der Waals surface area contributed by atoms with Crippen molar-refractivity contribution in [1.29, 1.82) is 0 Å². The number of aliphatic hydroxyl groups is 1. The zero-order valence-corrected chi connectivity index (χ0v) is 16.7. The molecule has 1 heterocycles. The molecule has 6 heteroatoms. The van der Waals surface area contributed by atoms with E-state index < -0.39 is 23.5 Å². The van der Waals surface area contributed by atoms with E-state index in [1.165, 1.54) is 24.3 Å². The van der Waals surface area contributed by atoms with E-state index in [1.54, 1.807) is 6.07 Å². The number of aliphatic hydroxyl groups excluding tert-OH is 1. The molecule has 0 fully saturated rings. The smallest absolute Gasteiger partial charge is 0.338 e. The topological polar surface area (TPSA) is 83.9 Å². The Kier molecular flexibility index (Phi) is 5.82. The first-order chi connectivity index (χ1) is 13.8. The number of amides is 2. The van der Waals surface area contributed by atoms with Gasteiger partial charge in [-0.15, -0.1) is 0 Å². The normalized spacial score (nSPS) is 14.0. The fourth-order valence-electron chi connectivity index (χ4n) is 3.23. The number of hydrogen-bond acceptors (Lipinski definition) is 5. The number of imide groups is 1. The molecule has 0 aliphatic carbocycles. The van der Waals surface area contributed by atoms with Gasteiger partial charge in [-0.2, -0.15) is 0 Å². The Morgan fingerprint density at radius 1 is 1.03 bits per heavy atom. The van der Waals surface area contributed by atoms with Crippen LogP contribution >= 0.6 is 0 Å². The number of carbonyl (C=O) groups is 3. The number of ether oxygens (including phenoxy) is 1. The zero-order valence-electron chi connectivity index (χ0n) is 16.7. The van der Waals surface area contributed by atoms with Crippen molar-refractivity contribution in [2.45, 2.75) is 33.6 Å². The van der Waals surface area contributed by atoms with Crippen LogP contribution in [0.1, 0.15) is 46.8 Å². The molecule has 2 aromatic rings. The molecule has 1 aliphatic heterocycles. The summed E-state index contributed by atoms with van der Waals surface area (Å²) in [5.74, 6) is -2.42. The van der Waals surface area contributed by atoms with Crippen LogP contribution in [0.25, 0.3) is 5.57 Å². The van der Waals surface area contributed by atoms with Gasteiger partial charge < -0.3 is 9.84 Å². The van der Waals surface area contributed by atoms with E-state index in [2.05, 4.69) is 0 Å². The highest BCUT2D eigenvalue weighted by Gasteiger charge is 2.40. The highest BCUT2D eigenvalue weighted by atomic mass is 16.5. The molecule has 1 N–H and O–H groups in total. The Morgan fingerprint density at radius 2 is 1.72 bits per heavy atom. The SMILES string of the molecule is CCCCOC(=O)c1ccc(N2C(=O)C(O)=C(c3ccc(C)cc3C)C2=O)cc1. The molecule has 2 amide bonds. The van der Waals surface area contributed by atoms with Crippen LogP contribution < -0.4 is 4.90 Å². The van der Waals surface area contributed by atoms with Crippen LogP contribution in [-0.2, 0) is 14.3 Å². The third-order valence-corrected chi connectivity index (χ3v) is 4.80. The van der Waals surface area contributed by atoms with Crippen molar-refractivity contribution >= 4 is 29.0 Å². The van der Waals surface area contributed by atoms with Crippen LogP contribution in [0, 0.1) is 13.8 Å². The van der Waals surface area contributed by atoms with Gasteiger partial charge in [-0.25, -0.2) is 9.69 Å². The lowest BCUT2D eigenvalue weighted by Crippen LogP contribution is -2.31. The lowest BCUT2D eigenvalue weighted by molar-refractivity contribution is -0.121. The maximum Gasteiger partial charge on any atom is 0.338 e. The quantitative estimate of drug-likeness (QED) is 0.454. The number of rotatable bonds is 6. The second kappa shape index (κ2) is 8.31. The van der Waals surface area contributed by atoms with Crippen LogP contribution in [0.3, 0.4) is 0 Å². The Morgan fingerprint density at radius 3 is 2.34 bits per heavy atom. The molecule has 3 rings (SSSR count). The number of esters is 1. The summed E-state index contributed by atoms with van der Waals surface area (Å²) in [6.45, 7) is 6.09. The average molecular weight is 393 g/mol. The van der Waals surface area contributed by atoms with Crippen molar-refractivity contribution in [2.24, 2.45) is 0 Å². The van der Waals surface area contributed by atoms with E-state index in [1.807, 2.05) is 32.9 Å². The number of unbranched alkanes of at least 4 members (excludes halogenated alkanes) is 1. The van der Waals surface area contributed by atoms with Gasteiger partial charge in [0, 0.05) is 0 Å². The summed E-state index contributed by atoms with van der Waals surface area (Å²) in [7, 11) is 0. The number of aryl methyl sites for hydroxylation is 2. The highest BCUT2D eigenvalue weighted by molar-refractivity contribution is 6.45. The van der Waals surface area contributed by atoms with Crippen molar-refractivity contribution in [3.8, 4) is 0 Å². The lowest BCUT2D eigenvalue weighted by atomic mass is 9.98. The number of nitrogens with zero attached hydrogens (tertiary/aromatic N) is 1. The maximum absolute atomic E-state index is 13.0. The molecule has 0 atom stereocenters. The predicted octanol–water partition coefficient (Wildman–Crippen LogP) is 4.10. The molecule has 0 saturated heterocycles. The third kappa shape index (κ3) is 3.92. The van der Waals surface area contributed by atoms with E-state index in [-0.39, 0.29) is 11.3 Å². The maximum atomic E-state index is 13.0. The van der Waals surface area contributed by atoms with Gasteiger partial charge in [0.2, 0.25) is 0 Å². The van der Waals surface area contributed by atoms with Gasteiger partial charge in [0.1, 0.15) is 0 Å². The summed E-state index contributed by atoms with van der Waals surface area (Å²) in [4.78, 5) is 38.5. The van der Waals surface area contributed by atoms with E-state index in [4.69, 9.17) is 4.74 Å². The van der Waals surface area contributed by atoms with Gasteiger partial charge in [0.15, 0.2) is 5.76 Å². The van der Waals surface area contributed by atoms with Crippen molar-refractivity contribution in [3.63, 3.8) is 0 Å². The highest BCUT2D eigenvalue weighted by Crippen LogP contribution is 2.33. The van der Waals surface area contributed by atoms with Gasteiger partial charge in [-0.1, -0.05) is 37.1 Å². The summed E-state index contributed by atoms with van der Waals surface area (Å²) in [6, 6.07) is 11.4. The van der Waals surface area contributed by atoms with Crippen LogP contribution in [-0.4, -0.2) is 29.5 Å². The van der Waals surface area contributed by atoms with Gasteiger partial charge >= 0.3 is 11.9 Å². The minimum absolute atomic E-state index is 0.0180. The van der Waals surface area contributed by atoms with Crippen LogP contribution in [0.2, 0.25) is 0 Å². The minimum Gasteiger partial charge on any atom is -0.502 e. The standard InChI is InChI=1S/C23H23NO5/c1-4-5-12-29-23(28)16-7-9-17(10-8-16)24-21(26)19(20(25)22(24)27)18-11-6-14(2)13-15(18)3/h6-11,13,25H,4-5,12H2,1-3H3. The first kappa shape index (κ1) is 20.3. The van der Waals surface area contributed by atoms with Gasteiger partial charge in [-0.05, 0) is 55.7 Å². The van der Waals surface area contributed by atoms with Crippen molar-refractivity contribution < 1.29 is 24.2 Å². The number of carbonyl (C=O) groups excluding carboxylic acids is 3. The van der Waals surface area contributed by atoms with Crippen molar-refractivity contribution in [2.75, 3.05) is 11.5 Å². The van der Waals surface area contributed by atoms with E-state index in [0.717, 1.165) is 28.9 Å². The number of benzene rings is 2. The molecule has 0 radical (unpaired) electrons. The average Bonchev–Trinajstić information content (AvgIpc) is 2.91. The molecule has 0 spiro atoms. The summed E-state index contributed by atoms with van der Waals surface area (Å²) in [5.41, 5.74) is 2.91. The van der Waals surface area contributed by atoms with Crippen LogP contribution in [0.4, 0.5) is 5.69 Å². The Hall–Kier alpha value is -3.41. The van der Waals surface area contributed by atoms with Crippen molar-refractivity contribution in [1.82, 2.24) is 0 Å². The monoisotopic (exact) mass is 393 g/mol. The zero-order chi connectivity index (χ0) is 21.1. The van der Waals surface area contributed by atoms with E-state index in [0.29, 0.717) is 17.7 Å². The molecule has 6 nitrogen and oxygen atoms in total. The molecule has 0 unspecified atom stereocenters. The van der Waals surface area contributed by atoms with Crippen LogP contribution in [0.5, 0.6) is 0 Å². The molecule has 150 valence electrons. The fourth-order valence-corrected chi connectivity index (χ4v) is 3.23. The van der Waals surface area contributed by atoms with Gasteiger partial charge in [0.05, 0.1) is 23.4 Å². The second-order valence-corrected chi connectivity index (χ2v) is 7.02. The molecule has 29 heavy (non-hydrogen) atoms. The first-order valence-corrected chi connectivity index (χ1v) is 9.52. The molecular formula is C23H23NO5. The largest absolute Gasteiger partial charge is 0.502 e. The van der Waals surface area contributed by atoms with E-state index in [9.17, 15) is 19.5 Å². The fraction of sp³-hybridized carbons (Fsp3) is 0.261. The lowest BCUT2D eigenvalue weighted by Gasteiger charge is -2.15. The Bertz CT molecular complexity index is 1000. The Balaban J connectivity index is 1.85. The molecule has 0 saturated carbocycles. The van der Waals surface area contributed by atoms with Gasteiger partial charge in [-0.3, -0.25) is 9.59 Å². The van der Waals surface area contributed by atoms with Gasteiger partial charge in [0.25, 0.3) is 5.91 Å². The second-order valence-electron chi connectivity index (χ2n) is 7.02. The molecule has 0 aromatic heterocycles. The minimum atomic E-state index is -0.789. The summed E-state index contributed by atoms with van der Waals surface area (Å²) >= 11 is 0. The van der Waals surface area contributed by atoms with E-state index >= 15 is 0 Å². The van der Waals surface area contributed by atoms with Crippen LogP contribution in [0.15, 0.2) is 48.2 Å². The summed E-state index contributed by atoms with van der Waals surface area (Å²) in [5, 5.41) is 10.4. The predicted molar refractivity (Wildman–Crippen MR) is 110 cm³/mol. The number of hydrogen-bond donors (Lipinski definition) is 1. The van der Waals surface area contributed by atoms with Crippen molar-refractivity contribution in [3.05, 3.63) is 70.5 Å². The first-order valence-electron chi connectivity index (χ1n) is 9.52. The molecule has 2 aromatic carbocycles. The molecule has 0 bridgehead atoms. The number of anilines is 1. The Labute approximate surface area is 169 Å². The summed E-state index contributed by atoms with van der Waals surface area (Å²) < 4.78 is 5.16. The summed E-state index contributed by atoms with van der Waals surface area (Å²) in [6.07, 6.45) is 1.71. The molecule has 1 aliphatic rings. The molecular weight excluding hydrogens is 370 g/mol. The third-order valence-electron chi connectivity index (χ3n) is 4.80.